The van der Waals surface area contributed by atoms with Gasteiger partial charge in [0.2, 0.25) is 5.89 Å². The second-order valence-electron chi connectivity index (χ2n) is 5.88. The van der Waals surface area contributed by atoms with Gasteiger partial charge in [-0.15, -0.1) is 11.3 Å². The monoisotopic (exact) mass is 384 g/mol. The van der Waals surface area contributed by atoms with Crippen molar-refractivity contribution in [2.45, 2.75) is 39.3 Å². The third kappa shape index (κ3) is 4.84. The van der Waals surface area contributed by atoms with Gasteiger partial charge in [0.05, 0.1) is 19.3 Å². The van der Waals surface area contributed by atoms with Gasteiger partial charge < -0.3 is 15.1 Å². The average Bonchev–Trinajstić information content (AvgIpc) is 3.07. The first-order valence-electron chi connectivity index (χ1n) is 7.01. The SMILES string of the molecule is CN=C(NCc1ncc(C(C)(C)C)o1)NCc1cc(Br)cs1. The molecule has 0 unspecified atom stereocenters. The molecule has 0 aromatic carbocycles. The van der Waals surface area contributed by atoms with E-state index in [0.717, 1.165) is 22.7 Å². The molecule has 120 valence electrons. The summed E-state index contributed by atoms with van der Waals surface area (Å²) in [6.45, 7) is 7.54. The molecular formula is C15H21BrN4OS. The molecule has 2 aromatic rings. The van der Waals surface area contributed by atoms with Gasteiger partial charge in [0.25, 0.3) is 0 Å². The van der Waals surface area contributed by atoms with Gasteiger partial charge in [-0.2, -0.15) is 0 Å². The topological polar surface area (TPSA) is 62.5 Å². The quantitative estimate of drug-likeness (QED) is 0.623. The van der Waals surface area contributed by atoms with E-state index in [1.165, 1.54) is 4.88 Å². The summed E-state index contributed by atoms with van der Waals surface area (Å²) in [4.78, 5) is 9.73. The van der Waals surface area contributed by atoms with E-state index in [0.29, 0.717) is 12.4 Å². The maximum atomic E-state index is 5.75. The predicted octanol–water partition coefficient (Wildman–Crippen LogP) is 3.66. The fourth-order valence-electron chi connectivity index (χ4n) is 1.74. The Morgan fingerprint density at radius 2 is 2.09 bits per heavy atom. The average molecular weight is 385 g/mol. The molecule has 0 aliphatic rings. The number of hydrogen-bond donors (Lipinski definition) is 2. The van der Waals surface area contributed by atoms with E-state index < -0.39 is 0 Å². The van der Waals surface area contributed by atoms with Gasteiger partial charge in [-0.05, 0) is 22.0 Å². The zero-order valence-corrected chi connectivity index (χ0v) is 15.6. The van der Waals surface area contributed by atoms with E-state index in [2.05, 4.69) is 68.8 Å². The first kappa shape index (κ1) is 17.0. The van der Waals surface area contributed by atoms with Crippen LogP contribution in [0.25, 0.3) is 0 Å². The Morgan fingerprint density at radius 1 is 1.36 bits per heavy atom. The molecule has 0 aliphatic heterocycles. The van der Waals surface area contributed by atoms with Crippen LogP contribution in [0.3, 0.4) is 0 Å². The molecule has 0 bridgehead atoms. The Morgan fingerprint density at radius 3 is 2.64 bits per heavy atom. The summed E-state index contributed by atoms with van der Waals surface area (Å²) in [6.07, 6.45) is 1.79. The van der Waals surface area contributed by atoms with Crippen molar-refractivity contribution in [3.05, 3.63) is 38.6 Å². The summed E-state index contributed by atoms with van der Waals surface area (Å²) < 4.78 is 6.85. The largest absolute Gasteiger partial charge is 0.443 e. The van der Waals surface area contributed by atoms with Crippen LogP contribution >= 0.6 is 27.3 Å². The first-order valence-corrected chi connectivity index (χ1v) is 8.68. The van der Waals surface area contributed by atoms with Gasteiger partial charge in [0.15, 0.2) is 5.96 Å². The van der Waals surface area contributed by atoms with Crippen LogP contribution in [-0.4, -0.2) is 18.0 Å². The molecule has 2 aromatic heterocycles. The summed E-state index contributed by atoms with van der Waals surface area (Å²) in [5.74, 6) is 2.27. The minimum Gasteiger partial charge on any atom is -0.443 e. The summed E-state index contributed by atoms with van der Waals surface area (Å²) >= 11 is 5.15. The molecule has 2 N–H and O–H groups in total. The minimum absolute atomic E-state index is 0.0300. The summed E-state index contributed by atoms with van der Waals surface area (Å²) in [7, 11) is 1.75. The Bertz CT molecular complexity index is 642. The van der Waals surface area contributed by atoms with Crippen molar-refractivity contribution < 1.29 is 4.42 Å². The van der Waals surface area contributed by atoms with E-state index in [1.807, 2.05) is 0 Å². The number of oxazole rings is 1. The third-order valence-electron chi connectivity index (χ3n) is 2.98. The van der Waals surface area contributed by atoms with Crippen molar-refractivity contribution in [2.75, 3.05) is 7.05 Å². The first-order chi connectivity index (χ1) is 10.4. The highest BCUT2D eigenvalue weighted by molar-refractivity contribution is 9.10. The lowest BCUT2D eigenvalue weighted by molar-refractivity contribution is 0.379. The minimum atomic E-state index is -0.0300. The van der Waals surface area contributed by atoms with Gasteiger partial charge in [0.1, 0.15) is 5.76 Å². The molecule has 2 rings (SSSR count). The molecule has 5 nitrogen and oxygen atoms in total. The number of halogens is 1. The highest BCUT2D eigenvalue weighted by atomic mass is 79.9. The predicted molar refractivity (Wildman–Crippen MR) is 94.3 cm³/mol. The van der Waals surface area contributed by atoms with Crippen LogP contribution in [0.1, 0.15) is 37.3 Å². The zero-order chi connectivity index (χ0) is 16.2. The molecule has 7 heteroatoms. The Balaban J connectivity index is 1.85. The van der Waals surface area contributed by atoms with Crippen molar-refractivity contribution in [1.82, 2.24) is 15.6 Å². The van der Waals surface area contributed by atoms with E-state index in [9.17, 15) is 0 Å². The van der Waals surface area contributed by atoms with Gasteiger partial charge in [0, 0.05) is 27.2 Å². The van der Waals surface area contributed by atoms with Crippen molar-refractivity contribution in [3.63, 3.8) is 0 Å². The van der Waals surface area contributed by atoms with Gasteiger partial charge >= 0.3 is 0 Å². The molecule has 0 saturated heterocycles. The van der Waals surface area contributed by atoms with E-state index in [4.69, 9.17) is 4.42 Å². The summed E-state index contributed by atoms with van der Waals surface area (Å²) in [5, 5.41) is 8.53. The van der Waals surface area contributed by atoms with Crippen molar-refractivity contribution >= 4 is 33.2 Å². The van der Waals surface area contributed by atoms with Gasteiger partial charge in [-0.25, -0.2) is 4.98 Å². The van der Waals surface area contributed by atoms with Crippen LogP contribution in [0.2, 0.25) is 0 Å². The summed E-state index contributed by atoms with van der Waals surface area (Å²) in [6, 6.07) is 2.09. The molecular weight excluding hydrogens is 364 g/mol. The Kier molecular flexibility index (Phi) is 5.63. The molecule has 0 saturated carbocycles. The smallest absolute Gasteiger partial charge is 0.213 e. The molecule has 0 aliphatic carbocycles. The zero-order valence-electron chi connectivity index (χ0n) is 13.2. The third-order valence-corrected chi connectivity index (χ3v) is 4.67. The maximum absolute atomic E-state index is 5.75. The highest BCUT2D eigenvalue weighted by Gasteiger charge is 2.19. The number of aromatic nitrogens is 1. The number of rotatable bonds is 4. The van der Waals surface area contributed by atoms with Crippen molar-refractivity contribution in [2.24, 2.45) is 4.99 Å². The molecule has 0 amide bonds. The molecule has 0 spiro atoms. The van der Waals surface area contributed by atoms with Crippen molar-refractivity contribution in [3.8, 4) is 0 Å². The van der Waals surface area contributed by atoms with E-state index >= 15 is 0 Å². The van der Waals surface area contributed by atoms with Crippen LogP contribution < -0.4 is 10.6 Å². The maximum Gasteiger partial charge on any atom is 0.213 e. The van der Waals surface area contributed by atoms with Crippen LogP contribution in [-0.2, 0) is 18.5 Å². The standard InChI is InChI=1S/C15H21BrN4OS/c1-15(2,3)12-7-18-13(21-12)8-20-14(17-4)19-6-11-5-10(16)9-22-11/h5,7,9H,6,8H2,1-4H3,(H2,17,19,20). The summed E-state index contributed by atoms with van der Waals surface area (Å²) in [5.41, 5.74) is -0.0300. The van der Waals surface area contributed by atoms with E-state index in [1.54, 1.807) is 24.6 Å². The van der Waals surface area contributed by atoms with Crippen molar-refractivity contribution in [1.29, 1.82) is 0 Å². The highest BCUT2D eigenvalue weighted by Crippen LogP contribution is 2.22. The van der Waals surface area contributed by atoms with Gasteiger partial charge in [-0.1, -0.05) is 20.8 Å². The molecule has 0 atom stereocenters. The fraction of sp³-hybridized carbons (Fsp3) is 0.467. The number of nitrogens with zero attached hydrogens (tertiary/aromatic N) is 2. The normalized spacial score (nSPS) is 12.5. The lowest BCUT2D eigenvalue weighted by Crippen LogP contribution is -2.36. The fourth-order valence-corrected chi connectivity index (χ4v) is 3.13. The number of nitrogens with one attached hydrogen (secondary N) is 2. The number of thiophene rings is 1. The Hall–Kier alpha value is -1.34. The molecule has 0 radical (unpaired) electrons. The number of guanidine groups is 1. The van der Waals surface area contributed by atoms with Crippen LogP contribution in [0, 0.1) is 0 Å². The van der Waals surface area contributed by atoms with Crippen LogP contribution in [0.5, 0.6) is 0 Å². The second-order valence-corrected chi connectivity index (χ2v) is 7.79. The lowest BCUT2D eigenvalue weighted by Gasteiger charge is -2.13. The molecule has 0 fully saturated rings. The molecule has 2 heterocycles. The molecule has 22 heavy (non-hydrogen) atoms. The Labute approximate surface area is 143 Å². The number of aliphatic imine (C=N–C) groups is 1. The van der Waals surface area contributed by atoms with Gasteiger partial charge in [-0.3, -0.25) is 4.99 Å². The van der Waals surface area contributed by atoms with Crippen LogP contribution in [0.15, 0.2) is 31.5 Å². The lowest BCUT2D eigenvalue weighted by atomic mass is 9.94. The second kappa shape index (κ2) is 7.28. The number of hydrogen-bond acceptors (Lipinski definition) is 4. The van der Waals surface area contributed by atoms with E-state index in [-0.39, 0.29) is 5.41 Å². The van der Waals surface area contributed by atoms with Crippen LogP contribution in [0.4, 0.5) is 0 Å².